The lowest BCUT2D eigenvalue weighted by atomic mass is 10.1. The largest absolute Gasteiger partial charge is 0.460 e. The fourth-order valence-corrected chi connectivity index (χ4v) is 1.42. The molecule has 0 N–H and O–H groups in total. The van der Waals surface area contributed by atoms with Crippen molar-refractivity contribution in [1.29, 1.82) is 5.26 Å². The van der Waals surface area contributed by atoms with Crippen LogP contribution < -0.4 is 0 Å². The molecule has 0 spiro atoms. The van der Waals surface area contributed by atoms with Crippen molar-refractivity contribution in [2.75, 3.05) is 19.8 Å². The van der Waals surface area contributed by atoms with E-state index < -0.39 is 0 Å². The average molecular weight is 247 g/mol. The van der Waals surface area contributed by atoms with E-state index in [0.717, 1.165) is 12.0 Å². The van der Waals surface area contributed by atoms with Gasteiger partial charge in [-0.05, 0) is 24.1 Å². The predicted molar refractivity (Wildman–Crippen MR) is 67.2 cm³/mol. The van der Waals surface area contributed by atoms with Gasteiger partial charge < -0.3 is 9.47 Å². The third kappa shape index (κ3) is 4.98. The third-order valence-electron chi connectivity index (χ3n) is 2.26. The molecular formula is C14H17NO3. The summed E-state index contributed by atoms with van der Waals surface area (Å²) in [6, 6.07) is 8.96. The van der Waals surface area contributed by atoms with Crippen molar-refractivity contribution >= 4 is 5.97 Å². The lowest BCUT2D eigenvalue weighted by molar-refractivity contribution is 0.0318. The molecule has 0 aromatic heterocycles. The first-order valence-corrected chi connectivity index (χ1v) is 5.98. The van der Waals surface area contributed by atoms with E-state index in [1.807, 2.05) is 19.1 Å². The predicted octanol–water partition coefficient (Wildman–Crippen LogP) is 2.34. The van der Waals surface area contributed by atoms with Crippen molar-refractivity contribution in [3.8, 4) is 6.07 Å². The molecule has 0 fully saturated rings. The van der Waals surface area contributed by atoms with Crippen LogP contribution in [0.3, 0.4) is 0 Å². The highest BCUT2D eigenvalue weighted by atomic mass is 16.6. The summed E-state index contributed by atoms with van der Waals surface area (Å²) in [7, 11) is 0. The summed E-state index contributed by atoms with van der Waals surface area (Å²) in [6.07, 6.45) is 1.24. The van der Waals surface area contributed by atoms with Gasteiger partial charge in [-0.15, -0.1) is 0 Å². The van der Waals surface area contributed by atoms with Gasteiger partial charge in [0.15, 0.2) is 0 Å². The lowest BCUT2D eigenvalue weighted by Crippen LogP contribution is -2.11. The molecule has 0 heterocycles. The van der Waals surface area contributed by atoms with Gasteiger partial charge in [-0.3, -0.25) is 0 Å². The van der Waals surface area contributed by atoms with Crippen molar-refractivity contribution < 1.29 is 14.3 Å². The first-order valence-electron chi connectivity index (χ1n) is 5.98. The van der Waals surface area contributed by atoms with Crippen molar-refractivity contribution in [3.05, 3.63) is 35.4 Å². The number of esters is 1. The molecule has 0 bridgehead atoms. The second-order valence-corrected chi connectivity index (χ2v) is 3.78. The second kappa shape index (κ2) is 8.26. The van der Waals surface area contributed by atoms with Gasteiger partial charge in [0.25, 0.3) is 0 Å². The normalized spacial score (nSPS) is 9.78. The fourth-order valence-electron chi connectivity index (χ4n) is 1.42. The summed E-state index contributed by atoms with van der Waals surface area (Å²) < 4.78 is 10.3. The van der Waals surface area contributed by atoms with Gasteiger partial charge in [0.1, 0.15) is 6.61 Å². The van der Waals surface area contributed by atoms with Crippen molar-refractivity contribution in [1.82, 2.24) is 0 Å². The summed E-state index contributed by atoms with van der Waals surface area (Å²) in [5.41, 5.74) is 1.28. The van der Waals surface area contributed by atoms with Crippen LogP contribution in [0.1, 0.15) is 29.3 Å². The Morgan fingerprint density at radius 3 is 2.89 bits per heavy atom. The number of ether oxygens (including phenoxy) is 2. The van der Waals surface area contributed by atoms with E-state index in [2.05, 4.69) is 0 Å². The Balaban J connectivity index is 2.41. The van der Waals surface area contributed by atoms with Crippen LogP contribution in [0, 0.1) is 11.3 Å². The summed E-state index contributed by atoms with van der Waals surface area (Å²) in [5, 5.41) is 8.59. The minimum absolute atomic E-state index is 0.251. The SMILES string of the molecule is CCCOCCOC(=O)c1cccc(CC#N)c1. The van der Waals surface area contributed by atoms with Crippen LogP contribution in [0.4, 0.5) is 0 Å². The van der Waals surface area contributed by atoms with Crippen LogP contribution in [0.2, 0.25) is 0 Å². The van der Waals surface area contributed by atoms with E-state index >= 15 is 0 Å². The lowest BCUT2D eigenvalue weighted by Gasteiger charge is -2.06. The molecule has 0 aliphatic carbocycles. The van der Waals surface area contributed by atoms with Crippen molar-refractivity contribution in [2.45, 2.75) is 19.8 Å². The molecule has 1 aromatic rings. The molecule has 96 valence electrons. The quantitative estimate of drug-likeness (QED) is 0.548. The molecule has 4 heteroatoms. The Labute approximate surface area is 107 Å². The number of rotatable bonds is 7. The van der Waals surface area contributed by atoms with Gasteiger partial charge in [0, 0.05) is 6.61 Å². The van der Waals surface area contributed by atoms with E-state index in [4.69, 9.17) is 14.7 Å². The summed E-state index contributed by atoms with van der Waals surface area (Å²) in [4.78, 5) is 11.7. The summed E-state index contributed by atoms with van der Waals surface area (Å²) in [6.45, 7) is 3.36. The first kappa shape index (κ1) is 14.2. The number of hydrogen-bond donors (Lipinski definition) is 0. The van der Waals surface area contributed by atoms with E-state index in [1.54, 1.807) is 18.2 Å². The maximum absolute atomic E-state index is 11.7. The van der Waals surface area contributed by atoms with Gasteiger partial charge in [-0.2, -0.15) is 5.26 Å². The number of carbonyl (C=O) groups is 1. The van der Waals surface area contributed by atoms with Crippen LogP contribution >= 0.6 is 0 Å². The zero-order valence-electron chi connectivity index (χ0n) is 10.5. The Morgan fingerprint density at radius 2 is 2.17 bits per heavy atom. The maximum Gasteiger partial charge on any atom is 0.338 e. The first-order chi connectivity index (χ1) is 8.77. The van der Waals surface area contributed by atoms with Crippen LogP contribution in [0.25, 0.3) is 0 Å². The number of nitriles is 1. The van der Waals surface area contributed by atoms with Crippen molar-refractivity contribution in [2.24, 2.45) is 0 Å². The highest BCUT2D eigenvalue weighted by Crippen LogP contribution is 2.07. The van der Waals surface area contributed by atoms with Crippen LogP contribution in [-0.4, -0.2) is 25.8 Å². The van der Waals surface area contributed by atoms with Crippen LogP contribution in [-0.2, 0) is 15.9 Å². The van der Waals surface area contributed by atoms with Gasteiger partial charge in [-0.25, -0.2) is 4.79 Å². The zero-order chi connectivity index (χ0) is 13.2. The molecule has 0 unspecified atom stereocenters. The number of carbonyl (C=O) groups excluding carboxylic acids is 1. The smallest absolute Gasteiger partial charge is 0.338 e. The molecule has 4 nitrogen and oxygen atoms in total. The highest BCUT2D eigenvalue weighted by Gasteiger charge is 2.07. The molecule has 0 aliphatic rings. The Morgan fingerprint density at radius 1 is 1.33 bits per heavy atom. The molecule has 1 rings (SSSR count). The van der Waals surface area contributed by atoms with Gasteiger partial charge in [0.2, 0.25) is 0 Å². The van der Waals surface area contributed by atoms with Gasteiger partial charge in [-0.1, -0.05) is 19.1 Å². The van der Waals surface area contributed by atoms with Gasteiger partial charge >= 0.3 is 5.97 Å². The standard InChI is InChI=1S/C14H17NO3/c1-2-8-17-9-10-18-14(16)13-5-3-4-12(11-13)6-7-15/h3-5,11H,2,6,8-10H2,1H3. The minimum Gasteiger partial charge on any atom is -0.460 e. The number of hydrogen-bond acceptors (Lipinski definition) is 4. The summed E-state index contributed by atoms with van der Waals surface area (Å²) in [5.74, 6) is -0.380. The zero-order valence-corrected chi connectivity index (χ0v) is 10.5. The average Bonchev–Trinajstić information content (AvgIpc) is 2.39. The topological polar surface area (TPSA) is 59.3 Å². The summed E-state index contributed by atoms with van der Waals surface area (Å²) >= 11 is 0. The molecule has 0 radical (unpaired) electrons. The molecule has 0 saturated heterocycles. The monoisotopic (exact) mass is 247 g/mol. The third-order valence-corrected chi connectivity index (χ3v) is 2.26. The van der Waals surface area contributed by atoms with Crippen LogP contribution in [0.15, 0.2) is 24.3 Å². The van der Waals surface area contributed by atoms with E-state index in [0.29, 0.717) is 25.2 Å². The maximum atomic E-state index is 11.7. The number of benzene rings is 1. The molecular weight excluding hydrogens is 230 g/mol. The van der Waals surface area contributed by atoms with E-state index in [-0.39, 0.29) is 12.6 Å². The molecule has 1 aromatic carbocycles. The highest BCUT2D eigenvalue weighted by molar-refractivity contribution is 5.89. The molecule has 0 atom stereocenters. The van der Waals surface area contributed by atoms with E-state index in [9.17, 15) is 4.79 Å². The van der Waals surface area contributed by atoms with Crippen LogP contribution in [0.5, 0.6) is 0 Å². The minimum atomic E-state index is -0.380. The van der Waals surface area contributed by atoms with E-state index in [1.165, 1.54) is 0 Å². The Bertz CT molecular complexity index is 423. The Hall–Kier alpha value is -1.86. The van der Waals surface area contributed by atoms with Crippen molar-refractivity contribution in [3.63, 3.8) is 0 Å². The Kier molecular flexibility index (Phi) is 6.52. The molecule has 18 heavy (non-hydrogen) atoms. The molecule has 0 saturated carbocycles. The fraction of sp³-hybridized carbons (Fsp3) is 0.429. The molecule has 0 aliphatic heterocycles. The second-order valence-electron chi connectivity index (χ2n) is 3.78. The number of nitrogens with zero attached hydrogens (tertiary/aromatic N) is 1. The molecule has 0 amide bonds. The van der Waals surface area contributed by atoms with Gasteiger partial charge in [0.05, 0.1) is 24.7 Å².